The zero-order valence-corrected chi connectivity index (χ0v) is 12.3. The summed E-state index contributed by atoms with van der Waals surface area (Å²) in [5.41, 5.74) is 0.147. The van der Waals surface area contributed by atoms with Gasteiger partial charge in [-0.15, -0.1) is 0 Å². The first kappa shape index (κ1) is 16.6. The molecule has 3 nitrogen and oxygen atoms in total. The molecular weight excluding hydrogens is 277 g/mol. The van der Waals surface area contributed by atoms with Crippen molar-refractivity contribution in [1.29, 1.82) is 0 Å². The van der Waals surface area contributed by atoms with Crippen LogP contribution in [-0.2, 0) is 4.74 Å². The molecule has 0 saturated carbocycles. The number of rotatable bonds is 4. The summed E-state index contributed by atoms with van der Waals surface area (Å²) in [6.45, 7) is 5.51. The Labute approximate surface area is 116 Å². The Hall–Kier alpha value is -0.430. The highest BCUT2D eigenvalue weighted by Crippen LogP contribution is 2.27. The number of alkyl halides is 3. The highest BCUT2D eigenvalue weighted by molar-refractivity contribution is 8.13. The van der Waals surface area contributed by atoms with Crippen LogP contribution in [0.4, 0.5) is 13.2 Å². The SMILES string of the molecule is CC(C)(C)C1CCSC(=NCCOCC(F)(F)F)N1. The maximum atomic E-state index is 11.8. The van der Waals surface area contributed by atoms with E-state index >= 15 is 0 Å². The molecule has 0 aromatic heterocycles. The number of nitrogens with one attached hydrogen (secondary N) is 1. The van der Waals surface area contributed by atoms with Gasteiger partial charge in [0.2, 0.25) is 0 Å². The molecule has 1 atom stereocenters. The first-order chi connectivity index (χ1) is 8.68. The second-order valence-electron chi connectivity index (χ2n) is 5.55. The molecule has 1 aliphatic rings. The van der Waals surface area contributed by atoms with Crippen molar-refractivity contribution in [1.82, 2.24) is 5.32 Å². The summed E-state index contributed by atoms with van der Waals surface area (Å²) in [6, 6.07) is 0.351. The maximum absolute atomic E-state index is 11.8. The van der Waals surface area contributed by atoms with Crippen LogP contribution in [0.15, 0.2) is 4.99 Å². The van der Waals surface area contributed by atoms with Gasteiger partial charge in [0.05, 0.1) is 13.2 Å². The molecule has 1 saturated heterocycles. The molecule has 0 bridgehead atoms. The normalized spacial score (nSPS) is 23.5. The number of thioether (sulfide) groups is 1. The van der Waals surface area contributed by atoms with Gasteiger partial charge in [-0.3, -0.25) is 4.99 Å². The minimum atomic E-state index is -4.26. The molecule has 0 amide bonds. The highest BCUT2D eigenvalue weighted by atomic mass is 32.2. The Morgan fingerprint density at radius 1 is 1.37 bits per heavy atom. The monoisotopic (exact) mass is 298 g/mol. The van der Waals surface area contributed by atoms with Gasteiger partial charge in [-0.25, -0.2) is 0 Å². The molecule has 112 valence electrons. The average molecular weight is 298 g/mol. The summed E-state index contributed by atoms with van der Waals surface area (Å²) in [5, 5.41) is 4.14. The molecule has 1 aliphatic heterocycles. The van der Waals surface area contributed by atoms with E-state index < -0.39 is 12.8 Å². The fourth-order valence-electron chi connectivity index (χ4n) is 1.68. The summed E-state index contributed by atoms with van der Waals surface area (Å²) < 4.78 is 40.0. The lowest BCUT2D eigenvalue weighted by molar-refractivity contribution is -0.173. The van der Waals surface area contributed by atoms with Crippen LogP contribution < -0.4 is 5.32 Å². The summed E-state index contributed by atoms with van der Waals surface area (Å²) >= 11 is 1.61. The number of hydrogen-bond donors (Lipinski definition) is 1. The van der Waals surface area contributed by atoms with Crippen molar-refractivity contribution in [3.8, 4) is 0 Å². The first-order valence-electron chi connectivity index (χ1n) is 6.27. The van der Waals surface area contributed by atoms with E-state index in [0.717, 1.165) is 17.3 Å². The molecule has 1 heterocycles. The standard InChI is InChI=1S/C12H21F3N2OS/c1-11(2,3)9-4-7-19-10(17-9)16-5-6-18-8-12(13,14)15/h9H,4-8H2,1-3H3,(H,16,17). The third kappa shape index (κ3) is 7.06. The van der Waals surface area contributed by atoms with E-state index in [-0.39, 0.29) is 18.6 Å². The molecule has 0 aromatic rings. The van der Waals surface area contributed by atoms with Crippen molar-refractivity contribution in [2.45, 2.75) is 39.4 Å². The summed E-state index contributed by atoms with van der Waals surface area (Å²) in [7, 11) is 0. The van der Waals surface area contributed by atoms with Gasteiger partial charge >= 0.3 is 6.18 Å². The van der Waals surface area contributed by atoms with Crippen molar-refractivity contribution >= 4 is 16.9 Å². The van der Waals surface area contributed by atoms with Crippen molar-refractivity contribution in [3.05, 3.63) is 0 Å². The van der Waals surface area contributed by atoms with Gasteiger partial charge in [0.15, 0.2) is 5.17 Å². The van der Waals surface area contributed by atoms with Crippen LogP contribution in [0.1, 0.15) is 27.2 Å². The molecule has 7 heteroatoms. The van der Waals surface area contributed by atoms with Crippen LogP contribution in [0.3, 0.4) is 0 Å². The Morgan fingerprint density at radius 3 is 2.63 bits per heavy atom. The van der Waals surface area contributed by atoms with Gasteiger partial charge in [-0.1, -0.05) is 32.5 Å². The molecule has 0 spiro atoms. The van der Waals surface area contributed by atoms with Gasteiger partial charge in [-0.2, -0.15) is 13.2 Å². The van der Waals surface area contributed by atoms with E-state index in [4.69, 9.17) is 0 Å². The van der Waals surface area contributed by atoms with E-state index in [0.29, 0.717) is 6.04 Å². The molecule has 0 radical (unpaired) electrons. The lowest BCUT2D eigenvalue weighted by Crippen LogP contribution is -2.46. The largest absolute Gasteiger partial charge is 0.411 e. The zero-order valence-electron chi connectivity index (χ0n) is 11.5. The van der Waals surface area contributed by atoms with Crippen molar-refractivity contribution in [2.75, 3.05) is 25.5 Å². The van der Waals surface area contributed by atoms with E-state index in [9.17, 15) is 13.2 Å². The summed E-state index contributed by atoms with van der Waals surface area (Å²) in [4.78, 5) is 4.24. The molecule has 1 unspecified atom stereocenters. The van der Waals surface area contributed by atoms with Crippen molar-refractivity contribution in [3.63, 3.8) is 0 Å². The first-order valence-corrected chi connectivity index (χ1v) is 7.25. The van der Waals surface area contributed by atoms with E-state index in [1.165, 1.54) is 0 Å². The van der Waals surface area contributed by atoms with Gasteiger partial charge < -0.3 is 10.1 Å². The number of halogens is 3. The fraction of sp³-hybridized carbons (Fsp3) is 0.917. The number of amidine groups is 1. The van der Waals surface area contributed by atoms with Gasteiger partial charge in [0, 0.05) is 11.8 Å². The predicted octanol–water partition coefficient (Wildman–Crippen LogP) is 3.06. The molecule has 0 aromatic carbocycles. The summed E-state index contributed by atoms with van der Waals surface area (Å²) in [6.07, 6.45) is -3.19. The molecule has 1 N–H and O–H groups in total. The fourth-order valence-corrected chi connectivity index (χ4v) is 2.63. The van der Waals surface area contributed by atoms with Crippen LogP contribution in [0.5, 0.6) is 0 Å². The average Bonchev–Trinajstić information content (AvgIpc) is 2.26. The van der Waals surface area contributed by atoms with E-state index in [2.05, 4.69) is 35.8 Å². The van der Waals surface area contributed by atoms with Crippen LogP contribution in [-0.4, -0.2) is 42.9 Å². The lowest BCUT2D eigenvalue weighted by atomic mass is 9.85. The molecule has 1 rings (SSSR count). The Morgan fingerprint density at radius 2 is 2.05 bits per heavy atom. The molecule has 0 aliphatic carbocycles. The molecule has 1 fully saturated rings. The van der Waals surface area contributed by atoms with Gasteiger partial charge in [-0.05, 0) is 11.8 Å². The second kappa shape index (κ2) is 6.83. The highest BCUT2D eigenvalue weighted by Gasteiger charge is 2.28. The maximum Gasteiger partial charge on any atom is 0.411 e. The third-order valence-electron chi connectivity index (χ3n) is 2.75. The second-order valence-corrected chi connectivity index (χ2v) is 6.64. The number of aliphatic imine (C=N–C) groups is 1. The number of nitrogens with zero attached hydrogens (tertiary/aromatic N) is 1. The smallest absolute Gasteiger partial charge is 0.370 e. The molecule has 19 heavy (non-hydrogen) atoms. The minimum absolute atomic E-state index is 0.00850. The molecular formula is C12H21F3N2OS. The Kier molecular flexibility index (Phi) is 5.98. The van der Waals surface area contributed by atoms with Crippen LogP contribution in [0, 0.1) is 5.41 Å². The van der Waals surface area contributed by atoms with Crippen LogP contribution in [0.2, 0.25) is 0 Å². The number of hydrogen-bond acceptors (Lipinski definition) is 3. The third-order valence-corrected chi connectivity index (χ3v) is 3.71. The van der Waals surface area contributed by atoms with Crippen LogP contribution >= 0.6 is 11.8 Å². The summed E-state index contributed by atoms with van der Waals surface area (Å²) in [5.74, 6) is 0.983. The topological polar surface area (TPSA) is 33.6 Å². The zero-order chi connectivity index (χ0) is 14.5. The van der Waals surface area contributed by atoms with E-state index in [1.807, 2.05) is 0 Å². The van der Waals surface area contributed by atoms with Crippen LogP contribution in [0.25, 0.3) is 0 Å². The van der Waals surface area contributed by atoms with E-state index in [1.54, 1.807) is 11.8 Å². The lowest BCUT2D eigenvalue weighted by Gasteiger charge is -2.35. The Balaban J connectivity index is 2.29. The quantitative estimate of drug-likeness (QED) is 0.810. The van der Waals surface area contributed by atoms with Gasteiger partial charge in [0.25, 0.3) is 0 Å². The Bertz CT molecular complexity index is 313. The van der Waals surface area contributed by atoms with Crippen molar-refractivity contribution in [2.24, 2.45) is 10.4 Å². The number of ether oxygens (including phenoxy) is 1. The predicted molar refractivity (Wildman–Crippen MR) is 72.6 cm³/mol. The minimum Gasteiger partial charge on any atom is -0.370 e. The van der Waals surface area contributed by atoms with Gasteiger partial charge in [0.1, 0.15) is 6.61 Å². The van der Waals surface area contributed by atoms with Crippen molar-refractivity contribution < 1.29 is 17.9 Å².